The molecule has 6 heteroatoms. The monoisotopic (exact) mass is 245 g/mol. The maximum absolute atomic E-state index is 11.8. The van der Waals surface area contributed by atoms with Gasteiger partial charge >= 0.3 is 0 Å². The Bertz CT molecular complexity index is 351. The van der Waals surface area contributed by atoms with Gasteiger partial charge in [-0.1, -0.05) is 0 Å². The molecule has 0 fully saturated rings. The highest BCUT2D eigenvalue weighted by molar-refractivity contribution is 7.08. The van der Waals surface area contributed by atoms with Crippen LogP contribution in [-0.4, -0.2) is 46.6 Å². The van der Waals surface area contributed by atoms with Crippen molar-refractivity contribution in [2.24, 2.45) is 0 Å². The van der Waals surface area contributed by atoms with Gasteiger partial charge in [0.1, 0.15) is 5.54 Å². The number of nitrogens with one attached hydrogen (secondary N) is 1. The van der Waals surface area contributed by atoms with Crippen molar-refractivity contribution in [1.82, 2.24) is 5.32 Å². The highest BCUT2D eigenvalue weighted by Crippen LogP contribution is 2.14. The molecule has 5 nitrogen and oxygen atoms in total. The van der Waals surface area contributed by atoms with Crippen LogP contribution < -0.4 is 5.32 Å². The fourth-order valence-corrected chi connectivity index (χ4v) is 2.00. The largest absolute Gasteiger partial charge is 0.394 e. The van der Waals surface area contributed by atoms with Gasteiger partial charge in [0.2, 0.25) is 0 Å². The van der Waals surface area contributed by atoms with Gasteiger partial charge in [-0.2, -0.15) is 11.3 Å². The Morgan fingerprint density at radius 2 is 1.88 bits per heavy atom. The average molecular weight is 245 g/mol. The fourth-order valence-electron chi connectivity index (χ4n) is 1.17. The molecule has 0 bridgehead atoms. The van der Waals surface area contributed by atoms with E-state index in [0.29, 0.717) is 5.56 Å². The first-order valence-corrected chi connectivity index (χ1v) is 5.71. The number of thiophene rings is 1. The number of aryl methyl sites for hydroxylation is 1. The maximum Gasteiger partial charge on any atom is 0.253 e. The van der Waals surface area contributed by atoms with E-state index in [4.69, 9.17) is 15.3 Å². The summed E-state index contributed by atoms with van der Waals surface area (Å²) in [6, 6.07) is 0. The predicted octanol–water partition coefficient (Wildman–Crippen LogP) is -0.498. The van der Waals surface area contributed by atoms with Crippen molar-refractivity contribution >= 4 is 17.2 Å². The van der Waals surface area contributed by atoms with Gasteiger partial charge in [-0.3, -0.25) is 4.79 Å². The molecular formula is C10H15NO4S. The molecule has 1 aromatic heterocycles. The molecule has 0 aliphatic heterocycles. The summed E-state index contributed by atoms with van der Waals surface area (Å²) in [4.78, 5) is 11.8. The normalized spacial score (nSPS) is 11.5. The van der Waals surface area contributed by atoms with E-state index in [1.165, 1.54) is 11.3 Å². The van der Waals surface area contributed by atoms with Crippen LogP contribution in [0.3, 0.4) is 0 Å². The standard InChI is InChI=1S/C10H15NO4S/c1-7-2-16-3-8(7)9(15)11-10(4-12,5-13)6-14/h2-3,12-14H,4-6H2,1H3,(H,11,15). The third-order valence-electron chi connectivity index (χ3n) is 2.39. The van der Waals surface area contributed by atoms with Crippen molar-refractivity contribution in [2.45, 2.75) is 12.5 Å². The number of carbonyl (C=O) groups excluding carboxylic acids is 1. The summed E-state index contributed by atoms with van der Waals surface area (Å²) in [5.74, 6) is -0.407. The zero-order valence-corrected chi connectivity index (χ0v) is 9.75. The molecule has 0 aliphatic rings. The van der Waals surface area contributed by atoms with Gasteiger partial charge in [-0.25, -0.2) is 0 Å². The molecule has 90 valence electrons. The zero-order valence-electron chi connectivity index (χ0n) is 8.93. The van der Waals surface area contributed by atoms with Gasteiger partial charge in [0.05, 0.1) is 25.4 Å². The zero-order chi connectivity index (χ0) is 12.2. The Balaban J connectivity index is 2.81. The number of rotatable bonds is 5. The quantitative estimate of drug-likeness (QED) is 0.563. The van der Waals surface area contributed by atoms with Gasteiger partial charge in [0.15, 0.2) is 0 Å². The van der Waals surface area contributed by atoms with Gasteiger partial charge in [0, 0.05) is 5.38 Å². The third kappa shape index (κ3) is 2.59. The lowest BCUT2D eigenvalue weighted by Crippen LogP contribution is -2.57. The second kappa shape index (κ2) is 5.40. The molecule has 1 rings (SSSR count). The number of aliphatic hydroxyl groups excluding tert-OH is 3. The van der Waals surface area contributed by atoms with E-state index < -0.39 is 31.3 Å². The second-order valence-corrected chi connectivity index (χ2v) is 4.42. The molecule has 16 heavy (non-hydrogen) atoms. The van der Waals surface area contributed by atoms with Crippen LogP contribution in [0.25, 0.3) is 0 Å². The summed E-state index contributed by atoms with van der Waals surface area (Å²) in [6.07, 6.45) is 0. The summed E-state index contributed by atoms with van der Waals surface area (Å²) >= 11 is 1.40. The third-order valence-corrected chi connectivity index (χ3v) is 3.25. The van der Waals surface area contributed by atoms with Crippen molar-refractivity contribution in [1.29, 1.82) is 0 Å². The average Bonchev–Trinajstić information content (AvgIpc) is 2.72. The number of hydrogen-bond acceptors (Lipinski definition) is 5. The van der Waals surface area contributed by atoms with Gasteiger partial charge < -0.3 is 20.6 Å². The summed E-state index contributed by atoms with van der Waals surface area (Å²) in [5, 5.41) is 33.1. The molecule has 0 saturated heterocycles. The summed E-state index contributed by atoms with van der Waals surface area (Å²) in [6.45, 7) is 0.239. The smallest absolute Gasteiger partial charge is 0.253 e. The van der Waals surface area contributed by atoms with Crippen LogP contribution in [0, 0.1) is 6.92 Å². The first-order chi connectivity index (χ1) is 7.58. The number of aliphatic hydroxyl groups is 3. The van der Waals surface area contributed by atoms with E-state index in [1.54, 1.807) is 12.3 Å². The Kier molecular flexibility index (Phi) is 4.43. The molecule has 1 amide bonds. The summed E-state index contributed by atoms with van der Waals surface area (Å²) in [5.41, 5.74) is -0.0548. The lowest BCUT2D eigenvalue weighted by molar-refractivity contribution is 0.0375. The highest BCUT2D eigenvalue weighted by Gasteiger charge is 2.30. The van der Waals surface area contributed by atoms with Crippen LogP contribution in [0.2, 0.25) is 0 Å². The van der Waals surface area contributed by atoms with Crippen LogP contribution in [0.15, 0.2) is 10.8 Å². The van der Waals surface area contributed by atoms with E-state index in [2.05, 4.69) is 5.32 Å². The fraction of sp³-hybridized carbons (Fsp3) is 0.500. The number of carbonyl (C=O) groups is 1. The minimum atomic E-state index is -1.37. The van der Waals surface area contributed by atoms with E-state index in [0.717, 1.165) is 5.56 Å². The minimum absolute atomic E-state index is 0.407. The Morgan fingerprint density at radius 1 is 1.31 bits per heavy atom. The molecule has 0 spiro atoms. The molecule has 4 N–H and O–H groups in total. The van der Waals surface area contributed by atoms with Crippen LogP contribution in [0.5, 0.6) is 0 Å². The SMILES string of the molecule is Cc1cscc1C(=O)NC(CO)(CO)CO. The molecule has 0 atom stereocenters. The van der Waals surface area contributed by atoms with E-state index in [1.807, 2.05) is 5.38 Å². The van der Waals surface area contributed by atoms with Crippen molar-refractivity contribution in [3.05, 3.63) is 21.9 Å². The molecular weight excluding hydrogens is 230 g/mol. The maximum atomic E-state index is 11.8. The van der Waals surface area contributed by atoms with Gasteiger partial charge in [-0.15, -0.1) is 0 Å². The topological polar surface area (TPSA) is 89.8 Å². The summed E-state index contributed by atoms with van der Waals surface area (Å²) < 4.78 is 0. The molecule has 1 heterocycles. The van der Waals surface area contributed by atoms with Crippen LogP contribution in [0.4, 0.5) is 0 Å². The Hall–Kier alpha value is -0.950. The van der Waals surface area contributed by atoms with Crippen LogP contribution in [-0.2, 0) is 0 Å². The lowest BCUT2D eigenvalue weighted by Gasteiger charge is -2.28. The lowest BCUT2D eigenvalue weighted by atomic mass is 10.0. The van der Waals surface area contributed by atoms with E-state index in [-0.39, 0.29) is 0 Å². The molecule has 0 radical (unpaired) electrons. The van der Waals surface area contributed by atoms with Crippen molar-refractivity contribution in [3.8, 4) is 0 Å². The molecule has 0 saturated carbocycles. The van der Waals surface area contributed by atoms with Crippen molar-refractivity contribution < 1.29 is 20.1 Å². The summed E-state index contributed by atoms with van der Waals surface area (Å²) in [7, 11) is 0. The molecule has 0 aliphatic carbocycles. The number of hydrogen-bond donors (Lipinski definition) is 4. The van der Waals surface area contributed by atoms with Gasteiger partial charge in [0.25, 0.3) is 5.91 Å². The molecule has 0 unspecified atom stereocenters. The minimum Gasteiger partial charge on any atom is -0.394 e. The van der Waals surface area contributed by atoms with E-state index >= 15 is 0 Å². The molecule has 1 aromatic rings. The molecule has 0 aromatic carbocycles. The predicted molar refractivity (Wildman–Crippen MR) is 60.5 cm³/mol. The van der Waals surface area contributed by atoms with Gasteiger partial charge in [-0.05, 0) is 17.9 Å². The Labute approximate surface area is 97.4 Å². The van der Waals surface area contributed by atoms with Crippen LogP contribution >= 0.6 is 11.3 Å². The Morgan fingerprint density at radius 3 is 2.25 bits per heavy atom. The van der Waals surface area contributed by atoms with E-state index in [9.17, 15) is 4.79 Å². The first kappa shape index (κ1) is 13.1. The highest BCUT2D eigenvalue weighted by atomic mass is 32.1. The number of amides is 1. The first-order valence-electron chi connectivity index (χ1n) is 4.76. The van der Waals surface area contributed by atoms with Crippen molar-refractivity contribution in [3.63, 3.8) is 0 Å². The van der Waals surface area contributed by atoms with Crippen LogP contribution in [0.1, 0.15) is 15.9 Å². The second-order valence-electron chi connectivity index (χ2n) is 3.68. The van der Waals surface area contributed by atoms with Crippen molar-refractivity contribution in [2.75, 3.05) is 19.8 Å².